The SMILES string of the molecule is NC1=NC2(CCCCC2)CO1. The molecule has 3 nitrogen and oxygen atoms in total. The minimum absolute atomic E-state index is 0.0856. The van der Waals surface area contributed by atoms with Gasteiger partial charge < -0.3 is 10.5 Å². The highest BCUT2D eigenvalue weighted by molar-refractivity contribution is 5.73. The maximum absolute atomic E-state index is 5.47. The van der Waals surface area contributed by atoms with Crippen molar-refractivity contribution >= 4 is 6.02 Å². The van der Waals surface area contributed by atoms with Crippen LogP contribution >= 0.6 is 0 Å². The fraction of sp³-hybridized carbons (Fsp3) is 0.875. The highest BCUT2D eigenvalue weighted by Gasteiger charge is 2.36. The van der Waals surface area contributed by atoms with E-state index in [9.17, 15) is 0 Å². The summed E-state index contributed by atoms with van der Waals surface area (Å²) < 4.78 is 5.17. The van der Waals surface area contributed by atoms with Crippen molar-refractivity contribution in [1.82, 2.24) is 0 Å². The molecule has 0 radical (unpaired) electrons. The van der Waals surface area contributed by atoms with E-state index in [2.05, 4.69) is 4.99 Å². The van der Waals surface area contributed by atoms with Crippen LogP contribution in [0.25, 0.3) is 0 Å². The van der Waals surface area contributed by atoms with E-state index in [-0.39, 0.29) is 5.54 Å². The monoisotopic (exact) mass is 154 g/mol. The molecular weight excluding hydrogens is 140 g/mol. The van der Waals surface area contributed by atoms with Gasteiger partial charge in [-0.05, 0) is 12.8 Å². The first kappa shape index (κ1) is 6.95. The lowest BCUT2D eigenvalue weighted by molar-refractivity contribution is 0.206. The molecule has 3 heteroatoms. The second-order valence-corrected chi connectivity index (χ2v) is 3.52. The molecule has 1 heterocycles. The molecule has 0 bridgehead atoms. The van der Waals surface area contributed by atoms with Crippen molar-refractivity contribution in [3.63, 3.8) is 0 Å². The van der Waals surface area contributed by atoms with Crippen LogP contribution in [-0.2, 0) is 4.74 Å². The smallest absolute Gasteiger partial charge is 0.282 e. The molecule has 2 rings (SSSR count). The molecule has 1 aliphatic carbocycles. The Kier molecular flexibility index (Phi) is 1.51. The lowest BCUT2D eigenvalue weighted by Crippen LogP contribution is -2.30. The number of amidine groups is 1. The van der Waals surface area contributed by atoms with Crippen molar-refractivity contribution in [3.05, 3.63) is 0 Å². The Morgan fingerprint density at radius 3 is 2.55 bits per heavy atom. The van der Waals surface area contributed by atoms with Gasteiger partial charge in [-0.1, -0.05) is 19.3 Å². The molecule has 1 saturated carbocycles. The second-order valence-electron chi connectivity index (χ2n) is 3.52. The van der Waals surface area contributed by atoms with Crippen LogP contribution in [0.5, 0.6) is 0 Å². The lowest BCUT2D eigenvalue weighted by Gasteiger charge is -2.27. The van der Waals surface area contributed by atoms with E-state index >= 15 is 0 Å². The third-order valence-corrected chi connectivity index (χ3v) is 2.62. The van der Waals surface area contributed by atoms with Gasteiger partial charge in [0, 0.05) is 0 Å². The summed E-state index contributed by atoms with van der Waals surface area (Å²) in [4.78, 5) is 4.35. The number of hydrogen-bond acceptors (Lipinski definition) is 3. The van der Waals surface area contributed by atoms with Crippen molar-refractivity contribution in [3.8, 4) is 0 Å². The van der Waals surface area contributed by atoms with Crippen LogP contribution in [0.15, 0.2) is 4.99 Å². The summed E-state index contributed by atoms with van der Waals surface area (Å²) in [7, 11) is 0. The van der Waals surface area contributed by atoms with Crippen molar-refractivity contribution < 1.29 is 4.74 Å². The summed E-state index contributed by atoms with van der Waals surface area (Å²) >= 11 is 0. The molecule has 11 heavy (non-hydrogen) atoms. The van der Waals surface area contributed by atoms with E-state index in [1.54, 1.807) is 0 Å². The Morgan fingerprint density at radius 1 is 1.27 bits per heavy atom. The van der Waals surface area contributed by atoms with Crippen LogP contribution in [0.3, 0.4) is 0 Å². The molecule has 1 fully saturated rings. The van der Waals surface area contributed by atoms with Gasteiger partial charge in [0.05, 0.1) is 0 Å². The average molecular weight is 154 g/mol. The van der Waals surface area contributed by atoms with Crippen LogP contribution < -0.4 is 5.73 Å². The van der Waals surface area contributed by atoms with Crippen LogP contribution in [0.2, 0.25) is 0 Å². The molecule has 2 aliphatic rings. The van der Waals surface area contributed by atoms with E-state index in [1.165, 1.54) is 19.3 Å². The summed E-state index contributed by atoms with van der Waals surface area (Å²) in [6.45, 7) is 0.721. The molecule has 0 saturated heterocycles. The topological polar surface area (TPSA) is 47.6 Å². The molecular formula is C8H14N2O. The molecule has 0 unspecified atom stereocenters. The summed E-state index contributed by atoms with van der Waals surface area (Å²) in [6.07, 6.45) is 6.22. The Morgan fingerprint density at radius 2 is 2.00 bits per heavy atom. The molecule has 0 aromatic rings. The fourth-order valence-electron chi connectivity index (χ4n) is 1.97. The van der Waals surface area contributed by atoms with Gasteiger partial charge in [-0.15, -0.1) is 0 Å². The van der Waals surface area contributed by atoms with Crippen LogP contribution in [-0.4, -0.2) is 18.2 Å². The quantitative estimate of drug-likeness (QED) is 0.566. The van der Waals surface area contributed by atoms with Gasteiger partial charge in [0.2, 0.25) is 0 Å². The van der Waals surface area contributed by atoms with Gasteiger partial charge in [-0.25, -0.2) is 4.99 Å². The third-order valence-electron chi connectivity index (χ3n) is 2.62. The molecule has 0 aromatic heterocycles. The Bertz CT molecular complexity index is 183. The molecule has 2 N–H and O–H groups in total. The van der Waals surface area contributed by atoms with E-state index in [0.29, 0.717) is 6.02 Å². The highest BCUT2D eigenvalue weighted by atomic mass is 16.5. The van der Waals surface area contributed by atoms with Crippen LogP contribution in [0.4, 0.5) is 0 Å². The average Bonchev–Trinajstić information content (AvgIpc) is 2.34. The number of ether oxygens (including phenoxy) is 1. The van der Waals surface area contributed by atoms with Crippen molar-refractivity contribution in [2.24, 2.45) is 10.7 Å². The van der Waals surface area contributed by atoms with Gasteiger partial charge in [0.1, 0.15) is 12.1 Å². The third kappa shape index (κ3) is 1.19. The van der Waals surface area contributed by atoms with E-state index in [4.69, 9.17) is 10.5 Å². The summed E-state index contributed by atoms with van der Waals surface area (Å²) in [5.74, 6) is 0. The summed E-state index contributed by atoms with van der Waals surface area (Å²) in [6, 6.07) is 0.395. The lowest BCUT2D eigenvalue weighted by atomic mass is 9.83. The molecule has 62 valence electrons. The highest BCUT2D eigenvalue weighted by Crippen LogP contribution is 2.34. The number of rotatable bonds is 0. The first-order valence-corrected chi connectivity index (χ1v) is 4.29. The first-order chi connectivity index (χ1) is 5.31. The van der Waals surface area contributed by atoms with Gasteiger partial charge in [0.25, 0.3) is 6.02 Å². The van der Waals surface area contributed by atoms with Crippen molar-refractivity contribution in [2.45, 2.75) is 37.6 Å². The van der Waals surface area contributed by atoms with Crippen molar-refractivity contribution in [2.75, 3.05) is 6.61 Å². The fourth-order valence-corrected chi connectivity index (χ4v) is 1.97. The largest absolute Gasteiger partial charge is 0.463 e. The maximum atomic E-state index is 5.47. The first-order valence-electron chi connectivity index (χ1n) is 4.29. The van der Waals surface area contributed by atoms with E-state index < -0.39 is 0 Å². The minimum atomic E-state index is 0.0856. The predicted molar refractivity (Wildman–Crippen MR) is 43.4 cm³/mol. The van der Waals surface area contributed by atoms with Crippen molar-refractivity contribution in [1.29, 1.82) is 0 Å². The summed E-state index contributed by atoms with van der Waals surface area (Å²) in [5.41, 5.74) is 5.55. The minimum Gasteiger partial charge on any atom is -0.463 e. The Hall–Kier alpha value is -0.730. The second kappa shape index (κ2) is 2.40. The van der Waals surface area contributed by atoms with Crippen LogP contribution in [0.1, 0.15) is 32.1 Å². The molecule has 1 aliphatic heterocycles. The molecule has 0 atom stereocenters. The zero-order chi connectivity index (χ0) is 7.73. The normalized spacial score (nSPS) is 28.2. The van der Waals surface area contributed by atoms with Crippen LogP contribution in [0, 0.1) is 0 Å². The van der Waals surface area contributed by atoms with Gasteiger partial charge in [0.15, 0.2) is 0 Å². The maximum Gasteiger partial charge on any atom is 0.282 e. The predicted octanol–water partition coefficient (Wildman–Crippen LogP) is 1.03. The molecule has 1 spiro atoms. The Balaban J connectivity index is 2.09. The summed E-state index contributed by atoms with van der Waals surface area (Å²) in [5, 5.41) is 0. The van der Waals surface area contributed by atoms with Gasteiger partial charge >= 0.3 is 0 Å². The number of nitrogens with zero attached hydrogens (tertiary/aromatic N) is 1. The zero-order valence-electron chi connectivity index (χ0n) is 6.68. The van der Waals surface area contributed by atoms with Gasteiger partial charge in [-0.3, -0.25) is 0 Å². The molecule has 0 amide bonds. The Labute approximate surface area is 66.6 Å². The molecule has 0 aromatic carbocycles. The standard InChI is InChI=1S/C8H14N2O/c9-7-10-8(6-11-7)4-2-1-3-5-8/h1-6H2,(H2,9,10). The number of aliphatic imine (C=N–C) groups is 1. The van der Waals surface area contributed by atoms with E-state index in [1.807, 2.05) is 0 Å². The van der Waals surface area contributed by atoms with E-state index in [0.717, 1.165) is 19.4 Å². The zero-order valence-corrected chi connectivity index (χ0v) is 6.68. The number of nitrogens with two attached hydrogens (primary N) is 1. The van der Waals surface area contributed by atoms with Gasteiger partial charge in [-0.2, -0.15) is 0 Å². The number of hydrogen-bond donors (Lipinski definition) is 1.